The Morgan fingerprint density at radius 3 is 2.33 bits per heavy atom. The summed E-state index contributed by atoms with van der Waals surface area (Å²) in [6.45, 7) is 2.78. The van der Waals surface area contributed by atoms with Crippen LogP contribution >= 0.6 is 34.5 Å². The van der Waals surface area contributed by atoms with Gasteiger partial charge < -0.3 is 29.3 Å². The van der Waals surface area contributed by atoms with Crippen molar-refractivity contribution in [2.45, 2.75) is 38.0 Å². The molecule has 3 heterocycles. The van der Waals surface area contributed by atoms with E-state index in [-0.39, 0.29) is 17.9 Å². The molecule has 0 amide bonds. The van der Waals surface area contributed by atoms with Crippen LogP contribution in [0.25, 0.3) is 0 Å². The van der Waals surface area contributed by atoms with Crippen LogP contribution in [0.3, 0.4) is 0 Å². The van der Waals surface area contributed by atoms with Gasteiger partial charge in [0.2, 0.25) is 0 Å². The summed E-state index contributed by atoms with van der Waals surface area (Å²) in [5, 5.41) is 4.20. The third-order valence-electron chi connectivity index (χ3n) is 8.43. The molecule has 262 valence electrons. The van der Waals surface area contributed by atoms with Crippen molar-refractivity contribution in [1.82, 2.24) is 10.2 Å². The van der Waals surface area contributed by atoms with E-state index in [9.17, 15) is 9.59 Å². The highest BCUT2D eigenvalue weighted by Crippen LogP contribution is 2.36. The molecule has 1 aliphatic rings. The second-order valence-electron chi connectivity index (χ2n) is 11.7. The van der Waals surface area contributed by atoms with Crippen molar-refractivity contribution in [1.29, 1.82) is 0 Å². The molecule has 0 bridgehead atoms. The van der Waals surface area contributed by atoms with Crippen LogP contribution in [-0.2, 0) is 27.2 Å². The minimum atomic E-state index is -0.736. The molecule has 13 heteroatoms. The number of methoxy groups -OCH3 is 2. The summed E-state index contributed by atoms with van der Waals surface area (Å²) in [5.74, 6) is 0.592. The van der Waals surface area contributed by atoms with Gasteiger partial charge in [-0.25, -0.2) is 14.6 Å². The zero-order valence-corrected chi connectivity index (χ0v) is 29.9. The number of pyridine rings is 1. The molecule has 0 saturated carbocycles. The van der Waals surface area contributed by atoms with Gasteiger partial charge in [0, 0.05) is 23.4 Å². The Bertz CT molecular complexity index is 1660. The van der Waals surface area contributed by atoms with Crippen LogP contribution in [0.5, 0.6) is 11.5 Å². The monoisotopic (exact) mass is 729 g/mol. The number of hydrogen-bond donors (Lipinski definition) is 1. The van der Waals surface area contributed by atoms with E-state index >= 15 is 0 Å². The van der Waals surface area contributed by atoms with Crippen molar-refractivity contribution < 1.29 is 39.0 Å². The fourth-order valence-electron chi connectivity index (χ4n) is 5.60. The molecule has 49 heavy (non-hydrogen) atoms. The number of carbonyl (C=O) groups is 2. The van der Waals surface area contributed by atoms with E-state index in [1.165, 1.54) is 11.3 Å². The molecular formula is C36H41Cl2N3O7S. The number of esters is 2. The maximum atomic E-state index is 13.6. The lowest BCUT2D eigenvalue weighted by Crippen LogP contribution is -2.34. The fourth-order valence-corrected chi connectivity index (χ4v) is 6.98. The summed E-state index contributed by atoms with van der Waals surface area (Å²) < 4.78 is 22.8. The minimum absolute atomic E-state index is 0. The van der Waals surface area contributed by atoms with Crippen LogP contribution in [0, 0.1) is 5.92 Å². The highest BCUT2D eigenvalue weighted by atomic mass is 35.5. The Morgan fingerprint density at radius 2 is 1.65 bits per heavy atom. The number of aromatic nitrogens is 1. The maximum Gasteiger partial charge on any atom is 0.348 e. The zero-order chi connectivity index (χ0) is 34.0. The Hall–Kier alpha value is -3.71. The van der Waals surface area contributed by atoms with Gasteiger partial charge in [0.1, 0.15) is 27.1 Å². The van der Waals surface area contributed by atoms with Gasteiger partial charge in [0.05, 0.1) is 20.8 Å². The molecule has 0 aliphatic carbocycles. The second kappa shape index (κ2) is 18.3. The third kappa shape index (κ3) is 10.2. The van der Waals surface area contributed by atoms with E-state index in [1.54, 1.807) is 44.8 Å². The molecule has 1 saturated heterocycles. The van der Waals surface area contributed by atoms with Crippen molar-refractivity contribution in [3.63, 3.8) is 0 Å². The van der Waals surface area contributed by atoms with Crippen molar-refractivity contribution in [2.75, 3.05) is 41.0 Å². The molecule has 0 radical (unpaired) electrons. The summed E-state index contributed by atoms with van der Waals surface area (Å²) in [6.07, 6.45) is 4.77. The van der Waals surface area contributed by atoms with Gasteiger partial charge in [0.15, 0.2) is 23.9 Å². The van der Waals surface area contributed by atoms with Crippen LogP contribution in [0.15, 0.2) is 73.1 Å². The van der Waals surface area contributed by atoms with Crippen LogP contribution in [0.4, 0.5) is 0 Å². The predicted molar refractivity (Wildman–Crippen MR) is 188 cm³/mol. The highest BCUT2D eigenvalue weighted by Gasteiger charge is 2.27. The number of piperidine rings is 1. The molecule has 3 N–H and O–H groups in total. The molecule has 0 spiro atoms. The number of likely N-dealkylation sites (tertiary alicyclic amines) is 1. The first kappa shape index (κ1) is 38.1. The van der Waals surface area contributed by atoms with Gasteiger partial charge in [-0.1, -0.05) is 59.6 Å². The number of ether oxygens (including phenoxy) is 4. The molecule has 10 nitrogen and oxygen atoms in total. The molecule has 2 aromatic heterocycles. The number of halogens is 2. The lowest BCUT2D eigenvalue weighted by Gasteiger charge is -2.29. The summed E-state index contributed by atoms with van der Waals surface area (Å²) in [6, 6.07) is 17.8. The first-order chi connectivity index (χ1) is 23.2. The van der Waals surface area contributed by atoms with E-state index < -0.39 is 18.1 Å². The van der Waals surface area contributed by atoms with Gasteiger partial charge in [0.25, 0.3) is 0 Å². The normalized spacial score (nSPS) is 14.7. The summed E-state index contributed by atoms with van der Waals surface area (Å²) >= 11 is 14.2. The number of nitrogens with one attached hydrogen (secondary N) is 2. The predicted octanol–water partition coefficient (Wildman–Crippen LogP) is 6.57. The lowest BCUT2D eigenvalue weighted by atomic mass is 9.98. The molecule has 4 aromatic rings. The largest absolute Gasteiger partial charge is 0.870 e. The van der Waals surface area contributed by atoms with Crippen molar-refractivity contribution in [3.05, 3.63) is 110 Å². The number of rotatable bonds is 14. The number of carbonyl (C=O) groups excluding carboxylic acids is 2. The van der Waals surface area contributed by atoms with Crippen LogP contribution in [-0.4, -0.2) is 63.3 Å². The minimum Gasteiger partial charge on any atom is -0.870 e. The topological polar surface area (TPSA) is 130 Å². The Morgan fingerprint density at radius 1 is 0.959 bits per heavy atom. The molecule has 2 aromatic carbocycles. The second-order valence-corrected chi connectivity index (χ2v) is 13.7. The van der Waals surface area contributed by atoms with Crippen molar-refractivity contribution in [3.8, 4) is 11.5 Å². The van der Waals surface area contributed by atoms with Gasteiger partial charge in [-0.2, -0.15) is 0 Å². The third-order valence-corrected chi connectivity index (χ3v) is 10.2. The van der Waals surface area contributed by atoms with Crippen LogP contribution in [0.1, 0.15) is 56.2 Å². The molecule has 1 aliphatic heterocycles. The molecule has 5 rings (SSSR count). The number of hydrogen-bond acceptors (Lipinski definition) is 10. The quantitative estimate of drug-likeness (QED) is 0.143. The van der Waals surface area contributed by atoms with Gasteiger partial charge in [-0.15, -0.1) is 11.3 Å². The van der Waals surface area contributed by atoms with Crippen molar-refractivity contribution >= 4 is 46.5 Å². The number of nitrogens with zero attached hydrogens (tertiary/aromatic N) is 1. The van der Waals surface area contributed by atoms with E-state index in [0.717, 1.165) is 36.4 Å². The zero-order valence-electron chi connectivity index (χ0n) is 27.6. The first-order valence-corrected chi connectivity index (χ1v) is 17.3. The van der Waals surface area contributed by atoms with E-state index in [2.05, 4.69) is 22.2 Å². The average molecular weight is 731 g/mol. The standard InChI is InChI=1S/C36H39Cl2N3O6S.H2O/c1-41-15-13-23(14-16-41)22-46-36(43)34(24-7-5-4-6-8-24)40-19-26-10-12-33(48-26)35(42)47-31(18-27-28(37)20-39-21-29(27)38)25-9-11-30(44-2)32(17-25)45-3;/h4-12,17,20-21,23,31,34,40H,13-16,18-19,22H2,1-3H3;1H2/t31-,34?;/m0./s1. The number of benzene rings is 2. The van der Waals surface area contributed by atoms with E-state index in [4.69, 9.17) is 42.1 Å². The number of aromatic amines is 1. The first-order valence-electron chi connectivity index (χ1n) is 15.7. The summed E-state index contributed by atoms with van der Waals surface area (Å²) in [4.78, 5) is 33.4. The van der Waals surface area contributed by atoms with Gasteiger partial charge in [-0.3, -0.25) is 5.32 Å². The van der Waals surface area contributed by atoms with Crippen LogP contribution < -0.4 is 19.8 Å². The van der Waals surface area contributed by atoms with Gasteiger partial charge in [-0.05, 0) is 74.3 Å². The maximum absolute atomic E-state index is 13.6. The Kier molecular flexibility index (Phi) is 14.3. The summed E-state index contributed by atoms with van der Waals surface area (Å²) in [5.41, 5.74) is 2.13. The number of thiophene rings is 1. The summed E-state index contributed by atoms with van der Waals surface area (Å²) in [7, 11) is 5.21. The average Bonchev–Trinajstić information content (AvgIpc) is 3.58. The van der Waals surface area contributed by atoms with Gasteiger partial charge >= 0.3 is 11.9 Å². The van der Waals surface area contributed by atoms with E-state index in [0.29, 0.717) is 56.6 Å². The highest BCUT2D eigenvalue weighted by molar-refractivity contribution is 7.13. The molecule has 1 unspecified atom stereocenters. The smallest absolute Gasteiger partial charge is 0.348 e. The molecular weight excluding hydrogens is 689 g/mol. The Balaban J connectivity index is 0.00000541. The fraction of sp³-hybridized carbons (Fsp3) is 0.361. The Labute approximate surface area is 300 Å². The van der Waals surface area contributed by atoms with E-state index in [1.807, 2.05) is 42.5 Å². The molecule has 1 fully saturated rings. The number of H-pyrrole nitrogens is 1. The van der Waals surface area contributed by atoms with Crippen LogP contribution in [0.2, 0.25) is 10.0 Å². The lowest BCUT2D eigenvalue weighted by molar-refractivity contribution is -0.377. The van der Waals surface area contributed by atoms with Crippen molar-refractivity contribution in [2.24, 2.45) is 5.92 Å². The SMILES string of the molecule is COc1ccc([C@H](Cc2c(Cl)c[nH+]cc2Cl)OC(=O)c2ccc(CNC(C(=O)OCC3CCN(C)CC3)c3ccccc3)s2)cc1OC.[OH-]. The molecule has 2 atom stereocenters.